The Balaban J connectivity index is 3.55. The first-order valence-corrected chi connectivity index (χ1v) is 7.71. The van der Waals surface area contributed by atoms with Gasteiger partial charge in [-0.25, -0.2) is 8.42 Å². The van der Waals surface area contributed by atoms with Crippen LogP contribution in [0.1, 0.15) is 6.92 Å². The lowest BCUT2D eigenvalue weighted by Crippen LogP contribution is -2.02. The Morgan fingerprint density at radius 3 is 2.53 bits per heavy atom. The normalized spacial score (nSPS) is 11.2. The molecule has 94 valence electrons. The van der Waals surface area contributed by atoms with Crippen molar-refractivity contribution in [3.05, 3.63) is 25.8 Å². The Hall–Kier alpha value is -0.610. The number of benzene rings is 1. The van der Waals surface area contributed by atoms with E-state index in [0.717, 1.165) is 6.07 Å². The molecular weight excluding hydrogens is 385 g/mol. The molecule has 0 aliphatic heterocycles. The van der Waals surface area contributed by atoms with Crippen molar-refractivity contribution in [1.29, 1.82) is 0 Å². The second-order valence-electron chi connectivity index (χ2n) is 2.88. The fourth-order valence-electron chi connectivity index (χ4n) is 1.12. The van der Waals surface area contributed by atoms with Crippen LogP contribution in [-0.4, -0.2) is 19.9 Å². The van der Waals surface area contributed by atoms with Gasteiger partial charge in [-0.15, -0.1) is 0 Å². The molecule has 0 saturated carbocycles. The lowest BCUT2D eigenvalue weighted by atomic mass is 10.3. The molecular formula is C8H7ClINO5S. The van der Waals surface area contributed by atoms with E-state index in [4.69, 9.17) is 15.4 Å². The first-order valence-electron chi connectivity index (χ1n) is 4.32. The number of nitrogens with zero attached hydrogens (tertiary/aromatic N) is 1. The maximum absolute atomic E-state index is 11.3. The van der Waals surface area contributed by atoms with Crippen molar-refractivity contribution >= 4 is 48.0 Å². The van der Waals surface area contributed by atoms with Crippen LogP contribution in [0.4, 0.5) is 5.69 Å². The summed E-state index contributed by atoms with van der Waals surface area (Å²) in [7, 11) is 1.15. The summed E-state index contributed by atoms with van der Waals surface area (Å²) in [5.41, 5.74) is -0.351. The number of nitro benzene ring substituents is 1. The Labute approximate surface area is 116 Å². The van der Waals surface area contributed by atoms with Crippen LogP contribution in [0.2, 0.25) is 0 Å². The summed E-state index contributed by atoms with van der Waals surface area (Å²) < 4.78 is 27.6. The molecule has 0 spiro atoms. The van der Waals surface area contributed by atoms with Gasteiger partial charge in [0.2, 0.25) is 0 Å². The molecule has 1 rings (SSSR count). The molecule has 6 nitrogen and oxygen atoms in total. The first-order chi connectivity index (χ1) is 7.77. The van der Waals surface area contributed by atoms with Gasteiger partial charge in [-0.3, -0.25) is 10.1 Å². The predicted octanol–water partition coefficient (Wildman–Crippen LogP) is 2.53. The van der Waals surface area contributed by atoms with Crippen LogP contribution in [0, 0.1) is 13.7 Å². The molecule has 0 atom stereocenters. The molecule has 0 saturated heterocycles. The van der Waals surface area contributed by atoms with Crippen molar-refractivity contribution in [2.24, 2.45) is 0 Å². The highest BCUT2D eigenvalue weighted by Crippen LogP contribution is 2.34. The second kappa shape index (κ2) is 5.36. The van der Waals surface area contributed by atoms with Gasteiger partial charge in [-0.05, 0) is 29.5 Å². The standard InChI is InChI=1S/C8H7ClINO5S/c1-2-16-5-3-6(11(12)13)8(10)7(4-5)17(9,14)15/h3-4H,2H2,1H3. The summed E-state index contributed by atoms with van der Waals surface area (Å²) in [5.74, 6) is 0.0961. The van der Waals surface area contributed by atoms with E-state index in [2.05, 4.69) is 0 Å². The molecule has 0 fully saturated rings. The van der Waals surface area contributed by atoms with Gasteiger partial charge in [0.05, 0.1) is 17.6 Å². The summed E-state index contributed by atoms with van der Waals surface area (Å²) in [4.78, 5) is 9.76. The maximum Gasteiger partial charge on any atom is 0.287 e. The molecule has 0 heterocycles. The lowest BCUT2D eigenvalue weighted by Gasteiger charge is -2.07. The third-order valence-corrected chi connectivity index (χ3v) is 4.61. The topological polar surface area (TPSA) is 86.5 Å². The molecule has 0 bridgehead atoms. The molecule has 0 radical (unpaired) electrons. The minimum atomic E-state index is -4.05. The van der Waals surface area contributed by atoms with E-state index >= 15 is 0 Å². The SMILES string of the molecule is CCOc1cc([N+](=O)[O-])c(I)c(S(=O)(=O)Cl)c1. The number of ether oxygens (including phenoxy) is 1. The van der Waals surface area contributed by atoms with E-state index in [1.54, 1.807) is 29.5 Å². The van der Waals surface area contributed by atoms with E-state index < -0.39 is 14.0 Å². The highest BCUT2D eigenvalue weighted by molar-refractivity contribution is 14.1. The smallest absolute Gasteiger partial charge is 0.287 e. The van der Waals surface area contributed by atoms with Crippen molar-refractivity contribution in [3.63, 3.8) is 0 Å². The third kappa shape index (κ3) is 3.42. The monoisotopic (exact) mass is 391 g/mol. The largest absolute Gasteiger partial charge is 0.494 e. The highest BCUT2D eigenvalue weighted by atomic mass is 127. The minimum Gasteiger partial charge on any atom is -0.494 e. The van der Waals surface area contributed by atoms with Gasteiger partial charge in [0.15, 0.2) is 0 Å². The zero-order valence-electron chi connectivity index (χ0n) is 8.51. The molecule has 0 amide bonds. The van der Waals surface area contributed by atoms with Crippen LogP contribution in [-0.2, 0) is 9.05 Å². The number of rotatable bonds is 4. The van der Waals surface area contributed by atoms with E-state index in [0.29, 0.717) is 0 Å². The summed E-state index contributed by atoms with van der Waals surface area (Å²) in [6, 6.07) is 2.33. The molecule has 17 heavy (non-hydrogen) atoms. The van der Waals surface area contributed by atoms with Crippen LogP contribution < -0.4 is 4.74 Å². The predicted molar refractivity (Wildman–Crippen MR) is 70.0 cm³/mol. The number of hydrogen-bond donors (Lipinski definition) is 0. The molecule has 1 aromatic carbocycles. The van der Waals surface area contributed by atoms with Gasteiger partial charge in [0.25, 0.3) is 14.7 Å². The summed E-state index contributed by atoms with van der Waals surface area (Å²) in [6.45, 7) is 1.94. The van der Waals surface area contributed by atoms with Crippen molar-refractivity contribution in [2.75, 3.05) is 6.61 Å². The van der Waals surface area contributed by atoms with Gasteiger partial charge < -0.3 is 4.74 Å². The van der Waals surface area contributed by atoms with Crippen LogP contribution in [0.15, 0.2) is 17.0 Å². The number of hydrogen-bond acceptors (Lipinski definition) is 5. The Kier molecular flexibility index (Phi) is 4.55. The van der Waals surface area contributed by atoms with Crippen molar-refractivity contribution in [2.45, 2.75) is 11.8 Å². The van der Waals surface area contributed by atoms with Crippen molar-refractivity contribution in [3.8, 4) is 5.75 Å². The average Bonchev–Trinajstić information content (AvgIpc) is 2.18. The Morgan fingerprint density at radius 1 is 1.53 bits per heavy atom. The molecule has 0 aliphatic rings. The summed E-state index contributed by atoms with van der Waals surface area (Å²) in [5, 5.41) is 10.8. The van der Waals surface area contributed by atoms with E-state index in [1.165, 1.54) is 6.07 Å². The molecule has 0 N–H and O–H groups in total. The van der Waals surface area contributed by atoms with E-state index in [-0.39, 0.29) is 26.5 Å². The summed E-state index contributed by atoms with van der Waals surface area (Å²) in [6.07, 6.45) is 0. The average molecular weight is 392 g/mol. The first kappa shape index (κ1) is 14.5. The highest BCUT2D eigenvalue weighted by Gasteiger charge is 2.24. The fourth-order valence-corrected chi connectivity index (χ4v) is 3.83. The molecule has 1 aromatic rings. The fraction of sp³-hybridized carbons (Fsp3) is 0.250. The number of halogens is 2. The molecule has 9 heteroatoms. The number of nitro groups is 1. The Bertz CT molecular complexity index is 559. The minimum absolute atomic E-state index is 0.0361. The van der Waals surface area contributed by atoms with Crippen LogP contribution >= 0.6 is 33.3 Å². The van der Waals surface area contributed by atoms with Gasteiger partial charge >= 0.3 is 0 Å². The zero-order valence-corrected chi connectivity index (χ0v) is 12.2. The van der Waals surface area contributed by atoms with Crippen molar-refractivity contribution in [1.82, 2.24) is 0 Å². The van der Waals surface area contributed by atoms with Crippen LogP contribution in [0.5, 0.6) is 5.75 Å². The molecule has 0 unspecified atom stereocenters. The molecule has 0 aromatic heterocycles. The lowest BCUT2D eigenvalue weighted by molar-refractivity contribution is -0.386. The maximum atomic E-state index is 11.3. The van der Waals surface area contributed by atoms with Gasteiger partial charge in [0.1, 0.15) is 14.2 Å². The Morgan fingerprint density at radius 2 is 2.12 bits per heavy atom. The quantitative estimate of drug-likeness (QED) is 0.341. The van der Waals surface area contributed by atoms with E-state index in [9.17, 15) is 18.5 Å². The van der Waals surface area contributed by atoms with Gasteiger partial charge in [0, 0.05) is 16.7 Å². The third-order valence-electron chi connectivity index (χ3n) is 1.76. The summed E-state index contributed by atoms with van der Waals surface area (Å²) >= 11 is 1.57. The zero-order chi connectivity index (χ0) is 13.2. The van der Waals surface area contributed by atoms with E-state index in [1.807, 2.05) is 0 Å². The van der Waals surface area contributed by atoms with Crippen LogP contribution in [0.3, 0.4) is 0 Å². The van der Waals surface area contributed by atoms with Crippen LogP contribution in [0.25, 0.3) is 0 Å². The second-order valence-corrected chi connectivity index (χ2v) is 6.50. The van der Waals surface area contributed by atoms with Gasteiger partial charge in [-0.1, -0.05) is 0 Å². The van der Waals surface area contributed by atoms with Gasteiger partial charge in [-0.2, -0.15) is 0 Å². The van der Waals surface area contributed by atoms with Crippen molar-refractivity contribution < 1.29 is 18.1 Å². The molecule has 0 aliphatic carbocycles.